The lowest BCUT2D eigenvalue weighted by Gasteiger charge is -2.33. The molecule has 0 unspecified atom stereocenters. The number of amides is 1. The predicted octanol–water partition coefficient (Wildman–Crippen LogP) is 4.84. The molecule has 2 aliphatic rings. The molecule has 4 aromatic rings. The van der Waals surface area contributed by atoms with Crippen molar-refractivity contribution in [1.82, 2.24) is 29.6 Å². The first-order chi connectivity index (χ1) is 16.9. The zero-order chi connectivity index (χ0) is 24.2. The fourth-order valence-electron chi connectivity index (χ4n) is 4.85. The molecule has 4 heterocycles. The number of nitrogens with zero attached hydrogens (tertiary/aromatic N) is 5. The third-order valence-electron chi connectivity index (χ3n) is 7.44. The molecule has 35 heavy (non-hydrogen) atoms. The van der Waals surface area contributed by atoms with Crippen LogP contribution >= 0.6 is 0 Å². The summed E-state index contributed by atoms with van der Waals surface area (Å²) in [4.78, 5) is 24.2. The van der Waals surface area contributed by atoms with Gasteiger partial charge in [-0.3, -0.25) is 19.9 Å². The number of aromatic nitrogens is 5. The number of carbonyl (C=O) groups excluding carboxylic acids is 1. The van der Waals surface area contributed by atoms with E-state index in [2.05, 4.69) is 51.2 Å². The summed E-state index contributed by atoms with van der Waals surface area (Å²) in [6.45, 7) is 8.38. The zero-order valence-electron chi connectivity index (χ0n) is 20.2. The number of ether oxygens (including phenoxy) is 1. The first-order valence-electron chi connectivity index (χ1n) is 12.2. The van der Waals surface area contributed by atoms with Crippen LogP contribution in [0.4, 0.5) is 10.6 Å². The Kier molecular flexibility index (Phi) is 5.10. The van der Waals surface area contributed by atoms with Crippen molar-refractivity contribution in [2.24, 2.45) is 0 Å². The minimum absolute atomic E-state index is 0.170. The molecule has 0 spiro atoms. The highest BCUT2D eigenvalue weighted by molar-refractivity contribution is 5.98. The average molecular weight is 472 g/mol. The van der Waals surface area contributed by atoms with E-state index in [0.717, 1.165) is 60.2 Å². The molecule has 0 radical (unpaired) electrons. The molecule has 3 aromatic heterocycles. The van der Waals surface area contributed by atoms with Crippen LogP contribution in [0.5, 0.6) is 11.6 Å². The van der Waals surface area contributed by atoms with Gasteiger partial charge in [0, 0.05) is 46.9 Å². The highest BCUT2D eigenvalue weighted by atomic mass is 16.5. The number of likely N-dealkylation sites (N-methyl/N-ethyl adjacent to an activating group) is 1. The summed E-state index contributed by atoms with van der Waals surface area (Å²) in [6.07, 6.45) is 6.47. The number of rotatable bonds is 5. The second-order valence-corrected chi connectivity index (χ2v) is 9.89. The lowest BCUT2D eigenvalue weighted by Crippen LogP contribution is -2.38. The lowest BCUT2D eigenvalue weighted by molar-refractivity contribution is 0.189. The van der Waals surface area contributed by atoms with Crippen LogP contribution in [0.25, 0.3) is 10.9 Å². The van der Waals surface area contributed by atoms with Gasteiger partial charge in [0.2, 0.25) is 5.88 Å². The number of benzene rings is 1. The Balaban J connectivity index is 1.21. The van der Waals surface area contributed by atoms with Gasteiger partial charge in [-0.25, -0.2) is 14.8 Å². The number of anilines is 1. The van der Waals surface area contributed by atoms with Gasteiger partial charge in [-0.1, -0.05) is 13.8 Å². The van der Waals surface area contributed by atoms with Crippen LogP contribution in [0, 0.1) is 0 Å². The Morgan fingerprint density at radius 3 is 2.91 bits per heavy atom. The second-order valence-electron chi connectivity index (χ2n) is 9.89. The summed E-state index contributed by atoms with van der Waals surface area (Å²) in [5.74, 6) is 1.81. The van der Waals surface area contributed by atoms with E-state index in [1.165, 1.54) is 0 Å². The molecular formula is C26H29N7O2. The summed E-state index contributed by atoms with van der Waals surface area (Å²) in [5, 5.41) is 11.1. The lowest BCUT2D eigenvalue weighted by atomic mass is 10.00. The molecule has 6 rings (SSSR count). The second kappa shape index (κ2) is 8.20. The Morgan fingerprint density at radius 1 is 1.26 bits per heavy atom. The Morgan fingerprint density at radius 2 is 2.11 bits per heavy atom. The molecule has 1 aliphatic carbocycles. The maximum Gasteiger partial charge on any atom is 0.331 e. The van der Waals surface area contributed by atoms with Crippen LogP contribution < -0.4 is 10.1 Å². The Hall–Kier alpha value is -3.72. The smallest absolute Gasteiger partial charge is 0.331 e. The van der Waals surface area contributed by atoms with E-state index in [1.807, 2.05) is 30.3 Å². The number of hydrogen-bond donors (Lipinski definition) is 2. The molecule has 1 amide bonds. The normalized spacial score (nSPS) is 18.9. The summed E-state index contributed by atoms with van der Waals surface area (Å²) in [7, 11) is 0. The third-order valence-corrected chi connectivity index (χ3v) is 7.44. The van der Waals surface area contributed by atoms with E-state index in [1.54, 1.807) is 17.1 Å². The molecule has 1 atom stereocenters. The van der Waals surface area contributed by atoms with E-state index in [9.17, 15) is 4.79 Å². The number of aromatic amines is 1. The van der Waals surface area contributed by atoms with E-state index in [0.29, 0.717) is 23.5 Å². The average Bonchev–Trinajstić information content (AvgIpc) is 3.24. The highest BCUT2D eigenvalue weighted by Gasteiger charge is 2.40. The third kappa shape index (κ3) is 3.95. The van der Waals surface area contributed by atoms with Crippen LogP contribution in [-0.4, -0.2) is 48.3 Å². The van der Waals surface area contributed by atoms with E-state index in [-0.39, 0.29) is 11.4 Å². The molecule has 1 fully saturated rings. The van der Waals surface area contributed by atoms with Crippen molar-refractivity contribution < 1.29 is 9.53 Å². The fourth-order valence-corrected chi connectivity index (χ4v) is 4.85. The molecule has 0 saturated heterocycles. The fraction of sp³-hybridized carbons (Fsp3) is 0.385. The Bertz CT molecular complexity index is 1420. The number of hydrogen-bond acceptors (Lipinski definition) is 6. The molecule has 180 valence electrons. The molecule has 9 heteroatoms. The van der Waals surface area contributed by atoms with Crippen molar-refractivity contribution in [3.63, 3.8) is 0 Å². The van der Waals surface area contributed by atoms with Crippen molar-refractivity contribution in [1.29, 1.82) is 0 Å². The van der Waals surface area contributed by atoms with E-state index in [4.69, 9.17) is 4.74 Å². The van der Waals surface area contributed by atoms with Crippen molar-refractivity contribution in [2.45, 2.75) is 58.0 Å². The summed E-state index contributed by atoms with van der Waals surface area (Å²) >= 11 is 0. The van der Waals surface area contributed by atoms with Crippen molar-refractivity contribution in [2.75, 3.05) is 11.9 Å². The quantitative estimate of drug-likeness (QED) is 0.432. The minimum atomic E-state index is -0.257. The zero-order valence-corrected chi connectivity index (χ0v) is 20.2. The molecule has 0 bridgehead atoms. The standard InChI is InChI=1S/C26H29N7O2/c1-4-32-14-20-19(11-16(32)2)24(28-15-27-20)35-18-5-6-21-17(12-18)7-10-33(21)25(34)29-23-13-22(30-31-23)26(3)8-9-26/h5-7,10,12-13,15-16H,4,8-9,11,14H2,1-3H3,(H2,29,30,31,34)/t16-/m0/s1. The molecule has 9 nitrogen and oxygen atoms in total. The maximum absolute atomic E-state index is 12.9. The molecule has 1 aromatic carbocycles. The maximum atomic E-state index is 12.9. The van der Waals surface area contributed by atoms with Gasteiger partial charge in [-0.15, -0.1) is 0 Å². The first-order valence-corrected chi connectivity index (χ1v) is 12.2. The topological polar surface area (TPSA) is 101 Å². The van der Waals surface area contributed by atoms with Crippen LogP contribution in [-0.2, 0) is 18.4 Å². The van der Waals surface area contributed by atoms with Gasteiger partial charge in [0.05, 0.1) is 11.2 Å². The van der Waals surface area contributed by atoms with Gasteiger partial charge in [0.15, 0.2) is 5.82 Å². The number of H-pyrrole nitrogens is 1. The number of carbonyl (C=O) groups is 1. The summed E-state index contributed by atoms with van der Waals surface area (Å²) in [6, 6.07) is 9.66. The van der Waals surface area contributed by atoms with Crippen molar-refractivity contribution >= 4 is 22.8 Å². The van der Waals surface area contributed by atoms with Gasteiger partial charge in [0.1, 0.15) is 12.1 Å². The van der Waals surface area contributed by atoms with Crippen molar-refractivity contribution in [3.8, 4) is 11.6 Å². The summed E-state index contributed by atoms with van der Waals surface area (Å²) in [5.41, 5.74) is 4.12. The van der Waals surface area contributed by atoms with Crippen LogP contribution in [0.15, 0.2) is 42.9 Å². The SMILES string of the molecule is CCN1Cc2ncnc(Oc3ccc4c(ccn4C(=O)Nc4cc(C5(C)CC5)[nH]n4)c3)c2C[C@@H]1C. The van der Waals surface area contributed by atoms with Crippen LogP contribution in [0.2, 0.25) is 0 Å². The molecular weight excluding hydrogens is 442 g/mol. The van der Waals surface area contributed by atoms with Crippen molar-refractivity contribution in [3.05, 3.63) is 59.8 Å². The number of fused-ring (bicyclic) bond motifs is 2. The monoisotopic (exact) mass is 471 g/mol. The molecule has 2 N–H and O–H groups in total. The summed E-state index contributed by atoms with van der Waals surface area (Å²) < 4.78 is 7.80. The van der Waals surface area contributed by atoms with Gasteiger partial charge >= 0.3 is 6.03 Å². The minimum Gasteiger partial charge on any atom is -0.439 e. The molecule has 1 saturated carbocycles. The highest BCUT2D eigenvalue weighted by Crippen LogP contribution is 2.47. The molecule has 1 aliphatic heterocycles. The Labute approximate surface area is 203 Å². The van der Waals surface area contributed by atoms with Crippen LogP contribution in [0.3, 0.4) is 0 Å². The number of nitrogens with one attached hydrogen (secondary N) is 2. The van der Waals surface area contributed by atoms with Gasteiger partial charge < -0.3 is 4.74 Å². The largest absolute Gasteiger partial charge is 0.439 e. The van der Waals surface area contributed by atoms with E-state index >= 15 is 0 Å². The first kappa shape index (κ1) is 21.8. The van der Waals surface area contributed by atoms with Gasteiger partial charge in [0.25, 0.3) is 0 Å². The van der Waals surface area contributed by atoms with Crippen LogP contribution in [0.1, 0.15) is 50.6 Å². The van der Waals surface area contributed by atoms with Gasteiger partial charge in [-0.2, -0.15) is 5.10 Å². The predicted molar refractivity (Wildman–Crippen MR) is 133 cm³/mol. The van der Waals surface area contributed by atoms with E-state index < -0.39 is 0 Å². The van der Waals surface area contributed by atoms with Gasteiger partial charge in [-0.05, 0) is 57.0 Å².